The molecule has 0 aliphatic heterocycles. The molecule has 1 N–H and O–H groups in total. The molecule has 0 bridgehead atoms. The number of amides is 1. The van der Waals surface area contributed by atoms with Crippen molar-refractivity contribution in [2.75, 3.05) is 18.2 Å². The molecule has 9 heteroatoms. The van der Waals surface area contributed by atoms with Gasteiger partial charge in [-0.2, -0.15) is 0 Å². The van der Waals surface area contributed by atoms with Crippen LogP contribution in [0.15, 0.2) is 35.2 Å². The molecule has 0 radical (unpaired) electrons. The van der Waals surface area contributed by atoms with Gasteiger partial charge in [-0.25, -0.2) is 0 Å². The van der Waals surface area contributed by atoms with Gasteiger partial charge in [0.25, 0.3) is 0 Å². The van der Waals surface area contributed by atoms with Gasteiger partial charge >= 0.3 is 5.69 Å². The first-order valence-electron chi connectivity index (χ1n) is 7.02. The predicted octanol–water partition coefficient (Wildman–Crippen LogP) is 4.95. The summed E-state index contributed by atoms with van der Waals surface area (Å²) < 4.78 is 5.01. The molecule has 0 heterocycles. The number of anilines is 1. The van der Waals surface area contributed by atoms with E-state index in [4.69, 9.17) is 27.9 Å². The van der Waals surface area contributed by atoms with E-state index in [0.717, 1.165) is 0 Å². The average molecular weight is 401 g/mol. The van der Waals surface area contributed by atoms with Gasteiger partial charge in [0.2, 0.25) is 5.91 Å². The second kappa shape index (κ2) is 8.42. The highest BCUT2D eigenvalue weighted by atomic mass is 35.5. The number of benzene rings is 2. The molecule has 0 aromatic heterocycles. The van der Waals surface area contributed by atoms with Crippen molar-refractivity contribution in [3.8, 4) is 5.75 Å². The lowest BCUT2D eigenvalue weighted by molar-refractivity contribution is -0.385. The Morgan fingerprint density at radius 3 is 2.68 bits per heavy atom. The molecule has 0 atom stereocenters. The summed E-state index contributed by atoms with van der Waals surface area (Å²) >= 11 is 13.2. The van der Waals surface area contributed by atoms with Crippen LogP contribution in [0.2, 0.25) is 10.0 Å². The average Bonchev–Trinajstić information content (AvgIpc) is 2.57. The molecule has 2 aromatic carbocycles. The number of aryl methyl sites for hydroxylation is 1. The Balaban J connectivity index is 2.10. The highest BCUT2D eigenvalue weighted by Crippen LogP contribution is 2.33. The lowest BCUT2D eigenvalue weighted by Crippen LogP contribution is -2.15. The topological polar surface area (TPSA) is 81.5 Å². The number of methoxy groups -OCH3 is 1. The molecule has 0 saturated heterocycles. The van der Waals surface area contributed by atoms with Crippen LogP contribution >= 0.6 is 35.0 Å². The number of rotatable bonds is 6. The standard InChI is InChI=1S/C16H14Cl2N2O4S/c1-9-5-13(20(22)23)14(24-2)7-12(9)19-16(21)8-25-15-6-10(17)3-4-11(15)18/h3-7H,8H2,1-2H3,(H,19,21). The predicted molar refractivity (Wildman–Crippen MR) is 100 cm³/mol. The van der Waals surface area contributed by atoms with E-state index < -0.39 is 4.92 Å². The fraction of sp³-hybridized carbons (Fsp3) is 0.188. The van der Waals surface area contributed by atoms with Gasteiger partial charge in [0.1, 0.15) is 0 Å². The molecular formula is C16H14Cl2N2O4S. The fourth-order valence-electron chi connectivity index (χ4n) is 2.03. The van der Waals surface area contributed by atoms with Crippen LogP contribution in [-0.2, 0) is 4.79 Å². The first-order chi connectivity index (χ1) is 11.8. The zero-order valence-electron chi connectivity index (χ0n) is 13.3. The first-order valence-corrected chi connectivity index (χ1v) is 8.76. The lowest BCUT2D eigenvalue weighted by Gasteiger charge is -2.11. The third kappa shape index (κ3) is 5.01. The summed E-state index contributed by atoms with van der Waals surface area (Å²) in [6.45, 7) is 1.67. The number of nitro benzene ring substituents is 1. The SMILES string of the molecule is COc1cc(NC(=O)CSc2cc(Cl)ccc2Cl)c(C)cc1[N+](=O)[O-]. The third-order valence-electron chi connectivity index (χ3n) is 3.25. The van der Waals surface area contributed by atoms with Gasteiger partial charge in [0.15, 0.2) is 5.75 Å². The van der Waals surface area contributed by atoms with Crippen molar-refractivity contribution < 1.29 is 14.5 Å². The monoisotopic (exact) mass is 400 g/mol. The number of thioether (sulfide) groups is 1. The third-order valence-corrected chi connectivity index (χ3v) is 4.98. The number of hydrogen-bond acceptors (Lipinski definition) is 5. The zero-order valence-corrected chi connectivity index (χ0v) is 15.7. The van der Waals surface area contributed by atoms with Gasteiger partial charge in [-0.3, -0.25) is 14.9 Å². The van der Waals surface area contributed by atoms with Crippen molar-refractivity contribution in [3.05, 3.63) is 56.1 Å². The van der Waals surface area contributed by atoms with Crippen molar-refractivity contribution in [2.24, 2.45) is 0 Å². The molecule has 0 fully saturated rings. The minimum Gasteiger partial charge on any atom is -0.490 e. The van der Waals surface area contributed by atoms with Crippen LogP contribution in [0.1, 0.15) is 5.56 Å². The van der Waals surface area contributed by atoms with Crippen molar-refractivity contribution in [1.82, 2.24) is 0 Å². The van der Waals surface area contributed by atoms with Crippen LogP contribution in [0, 0.1) is 17.0 Å². The fourth-order valence-corrected chi connectivity index (χ4v) is 3.32. The molecule has 2 rings (SSSR count). The Morgan fingerprint density at radius 1 is 1.32 bits per heavy atom. The van der Waals surface area contributed by atoms with Crippen molar-refractivity contribution >= 4 is 52.2 Å². The van der Waals surface area contributed by atoms with Crippen LogP contribution in [-0.4, -0.2) is 23.7 Å². The lowest BCUT2D eigenvalue weighted by atomic mass is 10.1. The highest BCUT2D eigenvalue weighted by Gasteiger charge is 2.18. The van der Waals surface area contributed by atoms with Crippen LogP contribution in [0.3, 0.4) is 0 Å². The number of nitrogens with one attached hydrogen (secondary N) is 1. The number of carbonyl (C=O) groups excluding carboxylic acids is 1. The molecule has 1 amide bonds. The van der Waals surface area contributed by atoms with Crippen LogP contribution < -0.4 is 10.1 Å². The first kappa shape index (κ1) is 19.4. The number of halogens is 2. The van der Waals surface area contributed by atoms with Gasteiger partial charge < -0.3 is 10.1 Å². The molecular weight excluding hydrogens is 387 g/mol. The van der Waals surface area contributed by atoms with E-state index in [-0.39, 0.29) is 23.1 Å². The Bertz CT molecular complexity index is 830. The summed E-state index contributed by atoms with van der Waals surface area (Å²) in [6, 6.07) is 7.80. The summed E-state index contributed by atoms with van der Waals surface area (Å²) in [6.07, 6.45) is 0. The number of ether oxygens (including phenoxy) is 1. The summed E-state index contributed by atoms with van der Waals surface area (Å²) in [5, 5.41) is 14.8. The van der Waals surface area contributed by atoms with Crippen LogP contribution in [0.4, 0.5) is 11.4 Å². The largest absolute Gasteiger partial charge is 0.490 e. The van der Waals surface area contributed by atoms with Gasteiger partial charge in [0.05, 0.1) is 22.8 Å². The van der Waals surface area contributed by atoms with Crippen molar-refractivity contribution in [3.63, 3.8) is 0 Å². The van der Waals surface area contributed by atoms with E-state index in [1.165, 1.54) is 31.0 Å². The minimum atomic E-state index is -0.533. The van der Waals surface area contributed by atoms with E-state index in [9.17, 15) is 14.9 Å². The Hall–Kier alpha value is -1.96. The van der Waals surface area contributed by atoms with Crippen LogP contribution in [0.5, 0.6) is 5.75 Å². The van der Waals surface area contributed by atoms with E-state index in [1.807, 2.05) is 0 Å². The summed E-state index contributed by atoms with van der Waals surface area (Å²) in [7, 11) is 1.33. The smallest absolute Gasteiger partial charge is 0.311 e. The number of nitrogens with zero attached hydrogens (tertiary/aromatic N) is 1. The number of carbonyl (C=O) groups is 1. The van der Waals surface area contributed by atoms with Gasteiger partial charge in [0, 0.05) is 27.7 Å². The van der Waals surface area contributed by atoms with Crippen molar-refractivity contribution in [1.29, 1.82) is 0 Å². The van der Waals surface area contributed by atoms with Crippen LogP contribution in [0.25, 0.3) is 0 Å². The van der Waals surface area contributed by atoms with Crippen molar-refractivity contribution in [2.45, 2.75) is 11.8 Å². The summed E-state index contributed by atoms with van der Waals surface area (Å²) in [5.74, 6) is -0.0878. The Morgan fingerprint density at radius 2 is 2.04 bits per heavy atom. The molecule has 0 aliphatic carbocycles. The molecule has 0 unspecified atom stereocenters. The van der Waals surface area contributed by atoms with E-state index >= 15 is 0 Å². The highest BCUT2D eigenvalue weighted by molar-refractivity contribution is 8.00. The van der Waals surface area contributed by atoms with E-state index in [1.54, 1.807) is 25.1 Å². The minimum absolute atomic E-state index is 0.0800. The molecule has 0 saturated carbocycles. The number of nitro groups is 1. The molecule has 6 nitrogen and oxygen atoms in total. The van der Waals surface area contributed by atoms with Gasteiger partial charge in [-0.15, -0.1) is 11.8 Å². The second-order valence-corrected chi connectivity index (χ2v) is 6.87. The van der Waals surface area contributed by atoms with Gasteiger partial charge in [-0.05, 0) is 30.7 Å². The molecule has 25 heavy (non-hydrogen) atoms. The number of hydrogen-bond donors (Lipinski definition) is 1. The van der Waals surface area contributed by atoms with Gasteiger partial charge in [-0.1, -0.05) is 23.2 Å². The van der Waals surface area contributed by atoms with E-state index in [2.05, 4.69) is 5.32 Å². The molecule has 2 aromatic rings. The normalized spacial score (nSPS) is 10.4. The Kier molecular flexibility index (Phi) is 6.52. The second-order valence-electron chi connectivity index (χ2n) is 5.01. The maximum absolute atomic E-state index is 12.2. The quantitative estimate of drug-likeness (QED) is 0.421. The maximum atomic E-state index is 12.2. The molecule has 0 spiro atoms. The zero-order chi connectivity index (χ0) is 18.6. The Labute approximate surface area is 158 Å². The maximum Gasteiger partial charge on any atom is 0.311 e. The summed E-state index contributed by atoms with van der Waals surface area (Å²) in [4.78, 5) is 23.3. The van der Waals surface area contributed by atoms with E-state index in [0.29, 0.717) is 26.2 Å². The summed E-state index contributed by atoms with van der Waals surface area (Å²) in [5.41, 5.74) is 0.856. The molecule has 0 aliphatic rings. The molecule has 132 valence electrons.